The zero-order chi connectivity index (χ0) is 9.97. The Morgan fingerprint density at radius 2 is 2.36 bits per heavy atom. The second-order valence-corrected chi connectivity index (χ2v) is 3.60. The summed E-state index contributed by atoms with van der Waals surface area (Å²) in [4.78, 5) is 8.18. The average Bonchev–Trinajstić information content (AvgIpc) is 2.67. The molecule has 0 bridgehead atoms. The smallest absolute Gasteiger partial charge is 0.241 e. The zero-order valence-electron chi connectivity index (χ0n) is 6.94. The van der Waals surface area contributed by atoms with Crippen LogP contribution in [0.25, 0.3) is 11.5 Å². The second-order valence-electron chi connectivity index (χ2n) is 2.48. The Bertz CT molecular complexity index is 446. The van der Waals surface area contributed by atoms with Gasteiger partial charge in [-0.05, 0) is 28.1 Å². The molecule has 4 nitrogen and oxygen atoms in total. The van der Waals surface area contributed by atoms with Crippen molar-refractivity contribution in [2.45, 2.75) is 5.88 Å². The van der Waals surface area contributed by atoms with Gasteiger partial charge >= 0.3 is 0 Å². The third kappa shape index (κ3) is 1.78. The number of nitrogens with zero attached hydrogens (tertiary/aromatic N) is 3. The van der Waals surface area contributed by atoms with Crippen LogP contribution in [0.1, 0.15) is 5.89 Å². The largest absolute Gasteiger partial charge is 0.338 e. The predicted octanol–water partition coefficient (Wildman–Crippen LogP) is 2.63. The summed E-state index contributed by atoms with van der Waals surface area (Å²) < 4.78 is 5.69. The molecule has 0 spiro atoms. The SMILES string of the molecule is ClCc1nc(-c2ncccc2Br)no1. The van der Waals surface area contributed by atoms with Crippen molar-refractivity contribution < 1.29 is 4.52 Å². The van der Waals surface area contributed by atoms with Crippen LogP contribution in [0.2, 0.25) is 0 Å². The summed E-state index contributed by atoms with van der Waals surface area (Å²) in [6.45, 7) is 0. The van der Waals surface area contributed by atoms with Crippen molar-refractivity contribution in [1.29, 1.82) is 0 Å². The molecule has 0 N–H and O–H groups in total. The van der Waals surface area contributed by atoms with Gasteiger partial charge in [-0.1, -0.05) is 5.16 Å². The summed E-state index contributed by atoms with van der Waals surface area (Å²) in [5.41, 5.74) is 0.646. The molecule has 0 saturated carbocycles. The normalized spacial score (nSPS) is 10.4. The van der Waals surface area contributed by atoms with Crippen molar-refractivity contribution in [3.63, 3.8) is 0 Å². The van der Waals surface area contributed by atoms with E-state index in [1.165, 1.54) is 0 Å². The molecule has 2 heterocycles. The lowest BCUT2D eigenvalue weighted by molar-refractivity contribution is 0.391. The molecular weight excluding hydrogens is 269 g/mol. The number of aromatic nitrogens is 3. The van der Waals surface area contributed by atoms with E-state index in [1.54, 1.807) is 6.20 Å². The first-order valence-corrected chi connectivity index (χ1v) is 5.13. The van der Waals surface area contributed by atoms with Gasteiger partial charge in [-0.3, -0.25) is 4.98 Å². The molecule has 72 valence electrons. The lowest BCUT2D eigenvalue weighted by atomic mass is 10.3. The maximum Gasteiger partial charge on any atom is 0.241 e. The number of halogens is 2. The van der Waals surface area contributed by atoms with E-state index in [0.717, 1.165) is 4.47 Å². The fraction of sp³-hybridized carbons (Fsp3) is 0.125. The number of alkyl halides is 1. The van der Waals surface area contributed by atoms with E-state index in [1.807, 2.05) is 12.1 Å². The highest BCUT2D eigenvalue weighted by atomic mass is 79.9. The van der Waals surface area contributed by atoms with Gasteiger partial charge in [-0.25, -0.2) is 0 Å². The van der Waals surface area contributed by atoms with Crippen molar-refractivity contribution in [3.05, 3.63) is 28.7 Å². The van der Waals surface area contributed by atoms with E-state index in [9.17, 15) is 0 Å². The van der Waals surface area contributed by atoms with Crippen LogP contribution in [0.15, 0.2) is 27.3 Å². The molecule has 0 amide bonds. The van der Waals surface area contributed by atoms with Gasteiger partial charge < -0.3 is 4.52 Å². The van der Waals surface area contributed by atoms with Crippen LogP contribution in [0.5, 0.6) is 0 Å². The van der Waals surface area contributed by atoms with Crippen molar-refractivity contribution >= 4 is 27.5 Å². The Morgan fingerprint density at radius 3 is 3.00 bits per heavy atom. The van der Waals surface area contributed by atoms with Crippen molar-refractivity contribution in [1.82, 2.24) is 15.1 Å². The van der Waals surface area contributed by atoms with Gasteiger partial charge in [0.25, 0.3) is 0 Å². The Labute approximate surface area is 93.4 Å². The molecule has 14 heavy (non-hydrogen) atoms. The lowest BCUT2D eigenvalue weighted by Crippen LogP contribution is -1.86. The fourth-order valence-corrected chi connectivity index (χ4v) is 1.50. The molecule has 0 unspecified atom stereocenters. The lowest BCUT2D eigenvalue weighted by Gasteiger charge is -1.94. The molecule has 2 aromatic heterocycles. The van der Waals surface area contributed by atoms with Crippen molar-refractivity contribution in [2.75, 3.05) is 0 Å². The van der Waals surface area contributed by atoms with E-state index < -0.39 is 0 Å². The molecule has 6 heteroatoms. The third-order valence-corrected chi connectivity index (χ3v) is 2.42. The minimum absolute atomic E-state index is 0.206. The second kappa shape index (κ2) is 4.06. The Kier molecular flexibility index (Phi) is 2.79. The highest BCUT2D eigenvalue weighted by molar-refractivity contribution is 9.10. The molecule has 0 atom stereocenters. The van der Waals surface area contributed by atoms with Crippen molar-refractivity contribution in [2.24, 2.45) is 0 Å². The molecule has 0 aromatic carbocycles. The molecule has 2 rings (SSSR count). The van der Waals surface area contributed by atoms with Crippen LogP contribution in [-0.4, -0.2) is 15.1 Å². The highest BCUT2D eigenvalue weighted by Crippen LogP contribution is 2.22. The Balaban J connectivity index is 2.44. The molecule has 0 saturated heterocycles. The molecular formula is C8H5BrClN3O. The standard InChI is InChI=1S/C8H5BrClN3O/c9-5-2-1-3-11-7(5)8-12-6(4-10)14-13-8/h1-3H,4H2. The van der Waals surface area contributed by atoms with Crippen LogP contribution >= 0.6 is 27.5 Å². The van der Waals surface area contributed by atoms with E-state index in [2.05, 4.69) is 31.1 Å². The quantitative estimate of drug-likeness (QED) is 0.790. The van der Waals surface area contributed by atoms with Gasteiger partial charge in [-0.2, -0.15) is 4.98 Å². The molecule has 0 radical (unpaired) electrons. The van der Waals surface area contributed by atoms with E-state index in [0.29, 0.717) is 17.4 Å². The first kappa shape index (κ1) is 9.61. The first-order chi connectivity index (χ1) is 6.81. The summed E-state index contributed by atoms with van der Waals surface area (Å²) in [6, 6.07) is 3.68. The summed E-state index contributed by atoms with van der Waals surface area (Å²) in [7, 11) is 0. The summed E-state index contributed by atoms with van der Waals surface area (Å²) in [5, 5.41) is 3.76. The van der Waals surface area contributed by atoms with Crippen LogP contribution < -0.4 is 0 Å². The van der Waals surface area contributed by atoms with E-state index in [4.69, 9.17) is 16.1 Å². The number of rotatable bonds is 2. The summed E-state index contributed by atoms with van der Waals surface area (Å²) in [5.74, 6) is 1.03. The van der Waals surface area contributed by atoms with E-state index >= 15 is 0 Å². The molecule has 0 aliphatic carbocycles. The highest BCUT2D eigenvalue weighted by Gasteiger charge is 2.11. The van der Waals surface area contributed by atoms with Gasteiger partial charge in [0.1, 0.15) is 11.6 Å². The molecule has 0 fully saturated rings. The van der Waals surface area contributed by atoms with Gasteiger partial charge in [-0.15, -0.1) is 11.6 Å². The van der Waals surface area contributed by atoms with Crippen LogP contribution in [0.3, 0.4) is 0 Å². The van der Waals surface area contributed by atoms with Crippen molar-refractivity contribution in [3.8, 4) is 11.5 Å². The maximum absolute atomic E-state index is 5.54. The van der Waals surface area contributed by atoms with Crippen LogP contribution in [-0.2, 0) is 5.88 Å². The summed E-state index contributed by atoms with van der Waals surface area (Å²) in [6.07, 6.45) is 1.66. The minimum atomic E-state index is 0.206. The summed E-state index contributed by atoms with van der Waals surface area (Å²) >= 11 is 8.89. The first-order valence-electron chi connectivity index (χ1n) is 3.80. The predicted molar refractivity (Wildman–Crippen MR) is 54.8 cm³/mol. The zero-order valence-corrected chi connectivity index (χ0v) is 9.29. The third-order valence-electron chi connectivity index (χ3n) is 1.55. The Morgan fingerprint density at radius 1 is 1.50 bits per heavy atom. The number of hydrogen-bond acceptors (Lipinski definition) is 4. The van der Waals surface area contributed by atoms with E-state index in [-0.39, 0.29) is 5.88 Å². The topological polar surface area (TPSA) is 51.8 Å². The monoisotopic (exact) mass is 273 g/mol. The molecule has 2 aromatic rings. The van der Waals surface area contributed by atoms with Crippen LogP contribution in [0.4, 0.5) is 0 Å². The fourth-order valence-electron chi connectivity index (χ4n) is 0.956. The molecule has 0 aliphatic heterocycles. The van der Waals surface area contributed by atoms with Gasteiger partial charge in [0.2, 0.25) is 11.7 Å². The Hall–Kier alpha value is -0.940. The minimum Gasteiger partial charge on any atom is -0.338 e. The maximum atomic E-state index is 5.54. The molecule has 0 aliphatic rings. The van der Waals surface area contributed by atoms with Gasteiger partial charge in [0, 0.05) is 10.7 Å². The number of pyridine rings is 1. The van der Waals surface area contributed by atoms with Crippen LogP contribution in [0, 0.1) is 0 Å². The number of hydrogen-bond donors (Lipinski definition) is 0. The van der Waals surface area contributed by atoms with Gasteiger partial charge in [0.15, 0.2) is 0 Å². The van der Waals surface area contributed by atoms with Gasteiger partial charge in [0.05, 0.1) is 0 Å². The average molecular weight is 275 g/mol.